The van der Waals surface area contributed by atoms with Gasteiger partial charge in [-0.05, 0) is 83.2 Å². The second-order valence-corrected chi connectivity index (χ2v) is 9.68. The number of amides is 1. The fraction of sp³-hybridized carbons (Fsp3) is 0.458. The quantitative estimate of drug-likeness (QED) is 0.382. The summed E-state index contributed by atoms with van der Waals surface area (Å²) in [7, 11) is 1.58. The van der Waals surface area contributed by atoms with Crippen LogP contribution in [0.5, 0.6) is 5.75 Å². The second kappa shape index (κ2) is 10.2. The van der Waals surface area contributed by atoms with E-state index in [-0.39, 0.29) is 11.9 Å². The molecule has 2 aromatic rings. The van der Waals surface area contributed by atoms with Crippen molar-refractivity contribution in [3.05, 3.63) is 45.8 Å². The number of nitrogens with zero attached hydrogens (tertiary/aromatic N) is 1. The first kappa shape index (κ1) is 23.8. The Morgan fingerprint density at radius 2 is 1.81 bits per heavy atom. The molecule has 1 aliphatic carbocycles. The Kier molecular flexibility index (Phi) is 7.56. The molecule has 7 nitrogen and oxygen atoms in total. The van der Waals surface area contributed by atoms with E-state index in [4.69, 9.17) is 9.47 Å². The van der Waals surface area contributed by atoms with Gasteiger partial charge in [-0.25, -0.2) is 9.79 Å². The van der Waals surface area contributed by atoms with Crippen LogP contribution >= 0.6 is 11.3 Å². The van der Waals surface area contributed by atoms with Crippen molar-refractivity contribution in [1.29, 1.82) is 0 Å². The number of aliphatic imine (C=N–C) groups is 1. The third-order valence-corrected chi connectivity index (χ3v) is 6.12. The summed E-state index contributed by atoms with van der Waals surface area (Å²) < 4.78 is 10.5. The monoisotopic (exact) mass is 457 g/mol. The number of fused-ring (bicyclic) bond motifs is 1. The van der Waals surface area contributed by atoms with E-state index in [1.54, 1.807) is 38.3 Å². The zero-order chi connectivity index (χ0) is 23.3. The average Bonchev–Trinajstić information content (AvgIpc) is 3.10. The van der Waals surface area contributed by atoms with Gasteiger partial charge in [0.1, 0.15) is 10.8 Å². The highest BCUT2D eigenvalue weighted by Gasteiger charge is 2.27. The topological polar surface area (TPSA) is 89.0 Å². The normalized spacial score (nSPS) is 13.8. The van der Waals surface area contributed by atoms with Crippen molar-refractivity contribution in [2.24, 2.45) is 4.99 Å². The van der Waals surface area contributed by atoms with Gasteiger partial charge in [0, 0.05) is 10.4 Å². The highest BCUT2D eigenvalue weighted by molar-refractivity contribution is 7.17. The first-order valence-electron chi connectivity index (χ1n) is 10.9. The summed E-state index contributed by atoms with van der Waals surface area (Å²) in [6.45, 7) is 7.94. The van der Waals surface area contributed by atoms with Crippen molar-refractivity contribution in [3.63, 3.8) is 0 Å². The maximum Gasteiger partial charge on any atom is 0.341 e. The van der Waals surface area contributed by atoms with E-state index in [2.05, 4.69) is 15.6 Å². The second-order valence-electron chi connectivity index (χ2n) is 8.57. The SMILES string of the molecule is CCOC(=O)c1c(NC(=NC(C)(C)C)NC(=O)c2ccc(OC)cc2)sc2c1CCCC2. The Balaban J connectivity index is 1.92. The lowest BCUT2D eigenvalue weighted by Crippen LogP contribution is -2.38. The number of hydrogen-bond donors (Lipinski definition) is 2. The number of guanidine groups is 1. The highest BCUT2D eigenvalue weighted by Crippen LogP contribution is 2.38. The summed E-state index contributed by atoms with van der Waals surface area (Å²) in [6.07, 6.45) is 3.95. The Bertz CT molecular complexity index is 1000. The van der Waals surface area contributed by atoms with Crippen LogP contribution in [0.2, 0.25) is 0 Å². The first-order chi connectivity index (χ1) is 15.2. The van der Waals surface area contributed by atoms with E-state index in [0.717, 1.165) is 31.2 Å². The van der Waals surface area contributed by atoms with Crippen LogP contribution in [0.15, 0.2) is 29.3 Å². The van der Waals surface area contributed by atoms with Crippen LogP contribution in [0.3, 0.4) is 0 Å². The Labute approximate surface area is 193 Å². The van der Waals surface area contributed by atoms with Crippen molar-refractivity contribution < 1.29 is 19.1 Å². The minimum Gasteiger partial charge on any atom is -0.497 e. The van der Waals surface area contributed by atoms with Crippen molar-refractivity contribution >= 4 is 34.2 Å². The fourth-order valence-electron chi connectivity index (χ4n) is 3.53. The highest BCUT2D eigenvalue weighted by atomic mass is 32.1. The van der Waals surface area contributed by atoms with Gasteiger partial charge >= 0.3 is 5.97 Å². The standard InChI is InChI=1S/C24H31N3O4S/c1-6-31-22(29)19-17-9-7-8-10-18(17)32-21(19)26-23(27-24(2,3)4)25-20(28)15-11-13-16(30-5)14-12-15/h11-14H,6-10H2,1-5H3,(H2,25,26,27,28). The number of nitrogens with one attached hydrogen (secondary N) is 2. The minimum absolute atomic E-state index is 0.294. The van der Waals surface area contributed by atoms with Gasteiger partial charge in [-0.3, -0.25) is 10.1 Å². The van der Waals surface area contributed by atoms with E-state index >= 15 is 0 Å². The number of thiophene rings is 1. The molecule has 0 radical (unpaired) electrons. The molecule has 1 aromatic carbocycles. The number of hydrogen-bond acceptors (Lipinski definition) is 6. The lowest BCUT2D eigenvalue weighted by molar-refractivity contribution is 0.0526. The molecule has 2 N–H and O–H groups in total. The largest absolute Gasteiger partial charge is 0.497 e. The lowest BCUT2D eigenvalue weighted by Gasteiger charge is -2.18. The predicted octanol–water partition coefficient (Wildman–Crippen LogP) is 4.81. The number of anilines is 1. The molecule has 1 aliphatic rings. The molecule has 1 heterocycles. The van der Waals surface area contributed by atoms with Crippen LogP contribution in [0.25, 0.3) is 0 Å². The van der Waals surface area contributed by atoms with E-state index in [0.29, 0.717) is 34.4 Å². The molecule has 8 heteroatoms. The molecule has 0 saturated heterocycles. The van der Waals surface area contributed by atoms with Crippen molar-refractivity contribution in [2.75, 3.05) is 19.0 Å². The summed E-state index contributed by atoms with van der Waals surface area (Å²) in [5.41, 5.74) is 1.65. The Hall–Kier alpha value is -2.87. The number of ether oxygens (including phenoxy) is 2. The fourth-order valence-corrected chi connectivity index (χ4v) is 4.80. The number of rotatable bonds is 5. The molecule has 0 bridgehead atoms. The minimum atomic E-state index is -0.448. The number of carbonyl (C=O) groups excluding carboxylic acids is 2. The molecule has 0 aliphatic heterocycles. The van der Waals surface area contributed by atoms with Gasteiger partial charge in [-0.15, -0.1) is 11.3 Å². The molecule has 172 valence electrons. The Morgan fingerprint density at radius 3 is 2.44 bits per heavy atom. The smallest absolute Gasteiger partial charge is 0.341 e. The third-order valence-electron chi connectivity index (χ3n) is 4.91. The number of methoxy groups -OCH3 is 1. The summed E-state index contributed by atoms with van der Waals surface area (Å²) in [6, 6.07) is 6.84. The number of carbonyl (C=O) groups is 2. The van der Waals surface area contributed by atoms with Crippen LogP contribution in [0, 0.1) is 0 Å². The van der Waals surface area contributed by atoms with Crippen molar-refractivity contribution in [2.45, 2.75) is 58.9 Å². The zero-order valence-electron chi connectivity index (χ0n) is 19.3. The van der Waals surface area contributed by atoms with Crippen LogP contribution in [0.4, 0.5) is 5.00 Å². The maximum atomic E-state index is 12.9. The van der Waals surface area contributed by atoms with Gasteiger partial charge in [-0.2, -0.15) is 0 Å². The summed E-state index contributed by atoms with van der Waals surface area (Å²) in [5.74, 6) is 0.321. The van der Waals surface area contributed by atoms with Gasteiger partial charge in [0.05, 0.1) is 24.8 Å². The Morgan fingerprint density at radius 1 is 1.12 bits per heavy atom. The van der Waals surface area contributed by atoms with Crippen LogP contribution in [0.1, 0.15) is 71.7 Å². The summed E-state index contributed by atoms with van der Waals surface area (Å²) >= 11 is 1.54. The first-order valence-corrected chi connectivity index (χ1v) is 11.7. The predicted molar refractivity (Wildman–Crippen MR) is 128 cm³/mol. The third kappa shape index (κ3) is 5.88. The van der Waals surface area contributed by atoms with Crippen LogP contribution in [-0.2, 0) is 17.6 Å². The molecule has 0 unspecified atom stereocenters. The molecule has 1 amide bonds. The zero-order valence-corrected chi connectivity index (χ0v) is 20.1. The van der Waals surface area contributed by atoms with Crippen molar-refractivity contribution in [3.8, 4) is 5.75 Å². The van der Waals surface area contributed by atoms with Crippen molar-refractivity contribution in [1.82, 2.24) is 5.32 Å². The maximum absolute atomic E-state index is 12.9. The van der Waals surface area contributed by atoms with E-state index < -0.39 is 5.54 Å². The molecule has 1 aromatic heterocycles. The molecule has 0 fully saturated rings. The van der Waals surface area contributed by atoms with Gasteiger partial charge in [0.15, 0.2) is 0 Å². The lowest BCUT2D eigenvalue weighted by atomic mass is 9.95. The number of benzene rings is 1. The molecule has 0 spiro atoms. The van der Waals surface area contributed by atoms with Gasteiger partial charge in [0.25, 0.3) is 5.91 Å². The van der Waals surface area contributed by atoms with Crippen LogP contribution in [-0.4, -0.2) is 37.1 Å². The molecule has 0 saturated carbocycles. The van der Waals surface area contributed by atoms with E-state index in [1.807, 2.05) is 20.8 Å². The molecule has 0 atom stereocenters. The molecular formula is C24H31N3O4S. The van der Waals surface area contributed by atoms with Crippen LogP contribution < -0.4 is 15.4 Å². The van der Waals surface area contributed by atoms with E-state index in [9.17, 15) is 9.59 Å². The molecular weight excluding hydrogens is 426 g/mol. The van der Waals surface area contributed by atoms with Gasteiger partial charge in [-0.1, -0.05) is 0 Å². The van der Waals surface area contributed by atoms with Gasteiger partial charge in [0.2, 0.25) is 5.96 Å². The van der Waals surface area contributed by atoms with E-state index in [1.165, 1.54) is 16.2 Å². The van der Waals surface area contributed by atoms with Gasteiger partial charge < -0.3 is 14.8 Å². The molecule has 3 rings (SSSR count). The summed E-state index contributed by atoms with van der Waals surface area (Å²) in [5, 5.41) is 6.76. The number of esters is 1. The summed E-state index contributed by atoms with van der Waals surface area (Å²) in [4.78, 5) is 31.5. The molecule has 32 heavy (non-hydrogen) atoms. The average molecular weight is 458 g/mol. The number of aryl methyl sites for hydroxylation is 1.